The van der Waals surface area contributed by atoms with Crippen molar-refractivity contribution in [1.29, 1.82) is 0 Å². The minimum atomic E-state index is -0.157. The van der Waals surface area contributed by atoms with Crippen LogP contribution >= 0.6 is 0 Å². The topological polar surface area (TPSA) is 105 Å². The Bertz CT molecular complexity index is 766. The lowest BCUT2D eigenvalue weighted by Crippen LogP contribution is -2.38. The number of nitrogen functional groups attached to an aromatic ring is 1. The summed E-state index contributed by atoms with van der Waals surface area (Å²) in [7, 11) is 0. The van der Waals surface area contributed by atoms with Gasteiger partial charge in [0.25, 0.3) is 0 Å². The molecule has 4 N–H and O–H groups in total. The van der Waals surface area contributed by atoms with E-state index in [4.69, 9.17) is 5.73 Å². The van der Waals surface area contributed by atoms with Gasteiger partial charge in [0.1, 0.15) is 5.52 Å². The molecule has 3 rings (SSSR count). The molecule has 0 radical (unpaired) electrons. The Hall–Kier alpha value is -2.09. The Morgan fingerprint density at radius 3 is 2.96 bits per heavy atom. The maximum Gasteiger partial charge on any atom is 0.327 e. The number of hydrogen-bond donors (Lipinski definition) is 3. The molecule has 8 heteroatoms. The Labute approximate surface area is 147 Å². The van der Waals surface area contributed by atoms with E-state index < -0.39 is 0 Å². The van der Waals surface area contributed by atoms with Gasteiger partial charge in [-0.25, -0.2) is 4.79 Å². The molecule has 1 aliphatic heterocycles. The van der Waals surface area contributed by atoms with E-state index in [1.165, 1.54) is 6.42 Å². The van der Waals surface area contributed by atoms with Crippen LogP contribution in [-0.2, 0) is 6.54 Å². The summed E-state index contributed by atoms with van der Waals surface area (Å²) in [6, 6.07) is 0. The average Bonchev–Trinajstić information content (AvgIpc) is 2.92. The lowest BCUT2D eigenvalue weighted by Gasteiger charge is -2.31. The predicted octanol–water partition coefficient (Wildman–Crippen LogP) is 1.65. The third kappa shape index (κ3) is 3.95. The lowest BCUT2D eigenvalue weighted by molar-refractivity contribution is 0.170. The molecule has 0 aromatic carbocycles. The molecule has 1 unspecified atom stereocenters. The van der Waals surface area contributed by atoms with Gasteiger partial charge < -0.3 is 20.9 Å². The highest BCUT2D eigenvalue weighted by molar-refractivity contribution is 5.82. The Balaban J connectivity index is 1.86. The van der Waals surface area contributed by atoms with Gasteiger partial charge in [0.05, 0.1) is 0 Å². The summed E-state index contributed by atoms with van der Waals surface area (Å²) in [6.45, 7) is 9.01. The van der Waals surface area contributed by atoms with Gasteiger partial charge in [0.2, 0.25) is 5.95 Å². The second kappa shape index (κ2) is 7.86. The number of rotatable bonds is 7. The van der Waals surface area contributed by atoms with Gasteiger partial charge >= 0.3 is 5.69 Å². The van der Waals surface area contributed by atoms with Crippen molar-refractivity contribution >= 4 is 22.9 Å². The van der Waals surface area contributed by atoms with E-state index in [9.17, 15) is 4.79 Å². The first-order valence-electron chi connectivity index (χ1n) is 9.34. The van der Waals surface area contributed by atoms with Crippen LogP contribution in [0.1, 0.15) is 39.5 Å². The van der Waals surface area contributed by atoms with Gasteiger partial charge in [-0.2, -0.15) is 9.97 Å². The molecule has 2 aromatic rings. The first kappa shape index (κ1) is 17.7. The molecule has 8 nitrogen and oxygen atoms in total. The summed E-state index contributed by atoms with van der Waals surface area (Å²) >= 11 is 0. The summed E-state index contributed by atoms with van der Waals surface area (Å²) in [4.78, 5) is 26.5. The van der Waals surface area contributed by atoms with Gasteiger partial charge in [0.15, 0.2) is 11.5 Å². The number of aromatic amines is 1. The van der Waals surface area contributed by atoms with Gasteiger partial charge in [-0.15, -0.1) is 0 Å². The summed E-state index contributed by atoms with van der Waals surface area (Å²) in [5.74, 6) is 1.27. The van der Waals surface area contributed by atoms with Gasteiger partial charge in [-0.05, 0) is 38.3 Å². The van der Waals surface area contributed by atoms with Crippen LogP contribution in [0.2, 0.25) is 0 Å². The van der Waals surface area contributed by atoms with E-state index in [2.05, 4.69) is 39.0 Å². The Morgan fingerprint density at radius 2 is 2.20 bits per heavy atom. The smallest absolute Gasteiger partial charge is 0.327 e. The first-order valence-corrected chi connectivity index (χ1v) is 9.34. The summed E-state index contributed by atoms with van der Waals surface area (Å²) in [6.07, 6.45) is 4.44. The fourth-order valence-corrected chi connectivity index (χ4v) is 3.52. The fourth-order valence-electron chi connectivity index (χ4n) is 3.52. The third-order valence-corrected chi connectivity index (χ3v) is 4.96. The lowest BCUT2D eigenvalue weighted by atomic mass is 9.98. The maximum absolute atomic E-state index is 12.4. The van der Waals surface area contributed by atoms with Crippen molar-refractivity contribution in [2.24, 2.45) is 5.92 Å². The normalized spacial score (nSPS) is 18.7. The molecule has 138 valence electrons. The molecule has 0 aliphatic carbocycles. The standard InChI is InChI=1S/C17H29N7O/c1-3-5-8-19-16-21-14(18)13-15(22-16)24(17(25)20-13)11-12-7-6-9-23(4-2)10-12/h12H,3-11H2,1-2H3,(H,20,25)(H3,18,19,21,22). The van der Waals surface area contributed by atoms with Crippen LogP contribution in [0.4, 0.5) is 11.8 Å². The Kier molecular flexibility index (Phi) is 5.57. The molecule has 25 heavy (non-hydrogen) atoms. The molecule has 0 bridgehead atoms. The SMILES string of the molecule is CCCCNc1nc(N)c2[nH]c(=O)n(CC3CCCN(CC)C3)c2n1. The molecule has 1 saturated heterocycles. The highest BCUT2D eigenvalue weighted by Crippen LogP contribution is 2.21. The number of anilines is 2. The number of nitrogens with two attached hydrogens (primary N) is 1. The molecule has 3 heterocycles. The van der Waals surface area contributed by atoms with E-state index in [-0.39, 0.29) is 5.69 Å². The van der Waals surface area contributed by atoms with Crippen LogP contribution in [0.25, 0.3) is 11.2 Å². The van der Waals surface area contributed by atoms with Gasteiger partial charge in [-0.3, -0.25) is 4.57 Å². The van der Waals surface area contributed by atoms with Crippen LogP contribution in [-0.4, -0.2) is 50.6 Å². The third-order valence-electron chi connectivity index (χ3n) is 4.96. The number of piperidine rings is 1. The number of aromatic nitrogens is 4. The molecule has 1 atom stereocenters. The second-order valence-corrected chi connectivity index (χ2v) is 6.85. The van der Waals surface area contributed by atoms with E-state index in [0.717, 1.165) is 45.4 Å². The average molecular weight is 347 g/mol. The molecule has 2 aromatic heterocycles. The Morgan fingerprint density at radius 1 is 1.36 bits per heavy atom. The number of H-pyrrole nitrogens is 1. The molecule has 0 spiro atoms. The van der Waals surface area contributed by atoms with Crippen molar-refractivity contribution < 1.29 is 0 Å². The van der Waals surface area contributed by atoms with E-state index in [0.29, 0.717) is 35.4 Å². The van der Waals surface area contributed by atoms with E-state index in [1.54, 1.807) is 4.57 Å². The quantitative estimate of drug-likeness (QED) is 0.658. The van der Waals surface area contributed by atoms with Gasteiger partial charge in [0, 0.05) is 19.6 Å². The summed E-state index contributed by atoms with van der Waals surface area (Å²) in [5, 5.41) is 3.20. The zero-order valence-corrected chi connectivity index (χ0v) is 15.2. The molecule has 0 amide bonds. The second-order valence-electron chi connectivity index (χ2n) is 6.85. The van der Waals surface area contributed by atoms with Gasteiger partial charge in [-0.1, -0.05) is 20.3 Å². The van der Waals surface area contributed by atoms with Crippen LogP contribution in [0.15, 0.2) is 4.79 Å². The number of unbranched alkanes of at least 4 members (excludes halogenated alkanes) is 1. The monoisotopic (exact) mass is 347 g/mol. The molecular weight excluding hydrogens is 318 g/mol. The van der Waals surface area contributed by atoms with Crippen molar-refractivity contribution in [1.82, 2.24) is 24.4 Å². The largest absolute Gasteiger partial charge is 0.382 e. The molecule has 1 fully saturated rings. The predicted molar refractivity (Wildman–Crippen MR) is 101 cm³/mol. The van der Waals surface area contributed by atoms with Crippen molar-refractivity contribution in [3.05, 3.63) is 10.5 Å². The number of nitrogens with one attached hydrogen (secondary N) is 2. The number of nitrogens with zero attached hydrogens (tertiary/aromatic N) is 4. The van der Waals surface area contributed by atoms with Crippen LogP contribution in [0.5, 0.6) is 0 Å². The number of hydrogen-bond acceptors (Lipinski definition) is 6. The number of likely N-dealkylation sites (tertiary alicyclic amines) is 1. The van der Waals surface area contributed by atoms with Crippen LogP contribution in [0.3, 0.4) is 0 Å². The first-order chi connectivity index (χ1) is 12.1. The summed E-state index contributed by atoms with van der Waals surface area (Å²) in [5.41, 5.74) is 7.02. The van der Waals surface area contributed by atoms with Crippen LogP contribution < -0.4 is 16.7 Å². The number of fused-ring (bicyclic) bond motifs is 1. The van der Waals surface area contributed by atoms with Crippen molar-refractivity contribution in [3.63, 3.8) is 0 Å². The zero-order valence-electron chi connectivity index (χ0n) is 15.2. The molecule has 1 aliphatic rings. The van der Waals surface area contributed by atoms with Crippen molar-refractivity contribution in [2.45, 2.75) is 46.1 Å². The summed E-state index contributed by atoms with van der Waals surface area (Å²) < 4.78 is 1.72. The molecule has 0 saturated carbocycles. The zero-order chi connectivity index (χ0) is 17.8. The number of imidazole rings is 1. The van der Waals surface area contributed by atoms with E-state index in [1.807, 2.05) is 0 Å². The van der Waals surface area contributed by atoms with Crippen molar-refractivity contribution in [3.8, 4) is 0 Å². The highest BCUT2D eigenvalue weighted by Gasteiger charge is 2.22. The highest BCUT2D eigenvalue weighted by atomic mass is 16.1. The maximum atomic E-state index is 12.4. The fraction of sp³-hybridized carbons (Fsp3) is 0.706. The minimum Gasteiger partial charge on any atom is -0.382 e. The molecular formula is C17H29N7O. The minimum absolute atomic E-state index is 0.157. The van der Waals surface area contributed by atoms with Crippen LogP contribution in [0, 0.1) is 5.92 Å². The van der Waals surface area contributed by atoms with Crippen molar-refractivity contribution in [2.75, 3.05) is 37.2 Å². The van der Waals surface area contributed by atoms with E-state index >= 15 is 0 Å².